The Balaban J connectivity index is 1.46. The van der Waals surface area contributed by atoms with Crippen molar-refractivity contribution in [3.05, 3.63) is 106 Å². The van der Waals surface area contributed by atoms with E-state index in [1.54, 1.807) is 18.3 Å². The molecule has 0 saturated carbocycles. The smallest absolute Gasteiger partial charge is 0.335 e. The lowest BCUT2D eigenvalue weighted by molar-refractivity contribution is 0.0697. The summed E-state index contributed by atoms with van der Waals surface area (Å²) >= 11 is 13.0. The van der Waals surface area contributed by atoms with Crippen molar-refractivity contribution in [1.82, 2.24) is 14.9 Å². The van der Waals surface area contributed by atoms with Crippen LogP contribution in [0.3, 0.4) is 0 Å². The van der Waals surface area contributed by atoms with E-state index in [0.717, 1.165) is 58.4 Å². The lowest BCUT2D eigenvalue weighted by atomic mass is 9.91. The van der Waals surface area contributed by atoms with Gasteiger partial charge >= 0.3 is 5.97 Å². The highest BCUT2D eigenvalue weighted by molar-refractivity contribution is 7.80. The number of benzene rings is 2. The average Bonchev–Trinajstić information content (AvgIpc) is 3.47. The maximum Gasteiger partial charge on any atom is 0.335 e. The average molecular weight is 628 g/mol. The van der Waals surface area contributed by atoms with Crippen LogP contribution in [0.2, 0.25) is 5.02 Å². The molecule has 0 bridgehead atoms. The van der Waals surface area contributed by atoms with Gasteiger partial charge in [-0.05, 0) is 111 Å². The molecule has 228 valence electrons. The molecule has 9 heteroatoms. The number of anilines is 2. The Kier molecular flexibility index (Phi) is 8.16. The van der Waals surface area contributed by atoms with Crippen molar-refractivity contribution in [3.8, 4) is 5.69 Å². The van der Waals surface area contributed by atoms with Gasteiger partial charge in [0.2, 0.25) is 0 Å². The molecule has 4 atom stereocenters. The number of nitrogens with one attached hydrogen (secondary N) is 1. The van der Waals surface area contributed by atoms with Gasteiger partial charge < -0.3 is 24.8 Å². The molecular formula is C35H38ClN5O2S. The van der Waals surface area contributed by atoms with Gasteiger partial charge in [0, 0.05) is 42.0 Å². The zero-order valence-electron chi connectivity index (χ0n) is 25.7. The standard InChI is InChI=1S/C35H38ClN5O2S/c1-20-14-21(2)19-39(18-20)30-12-11-26(17-28(30)36)41-33(32(38-35(41)44)29-8-6-7-13-37-29)27-15-23(4)40(24(27)5)31-16-25(34(42)43)10-9-22(31)3/h6-13,15-17,20-21,32-33H,14,18-19H2,1-5H3,(H,38,44)(H,42,43). The van der Waals surface area contributed by atoms with E-state index in [9.17, 15) is 9.90 Å². The summed E-state index contributed by atoms with van der Waals surface area (Å²) in [6.07, 6.45) is 3.03. The number of aromatic nitrogens is 2. The Morgan fingerprint density at radius 2 is 1.75 bits per heavy atom. The number of halogens is 1. The number of piperidine rings is 1. The molecule has 7 nitrogen and oxygen atoms in total. The number of hydrogen-bond acceptors (Lipinski definition) is 4. The summed E-state index contributed by atoms with van der Waals surface area (Å²) < 4.78 is 2.14. The van der Waals surface area contributed by atoms with Crippen molar-refractivity contribution in [2.75, 3.05) is 22.9 Å². The molecule has 2 aliphatic rings. The molecule has 4 aromatic rings. The van der Waals surface area contributed by atoms with E-state index in [-0.39, 0.29) is 17.6 Å². The first-order valence-corrected chi connectivity index (χ1v) is 15.9. The van der Waals surface area contributed by atoms with E-state index >= 15 is 0 Å². The van der Waals surface area contributed by atoms with Crippen LogP contribution in [0.4, 0.5) is 11.4 Å². The third-order valence-corrected chi connectivity index (χ3v) is 9.62. The van der Waals surface area contributed by atoms with Crippen LogP contribution in [0.25, 0.3) is 5.69 Å². The van der Waals surface area contributed by atoms with E-state index in [1.807, 2.05) is 37.3 Å². The molecule has 2 aromatic carbocycles. The predicted octanol–water partition coefficient (Wildman–Crippen LogP) is 7.81. The van der Waals surface area contributed by atoms with Gasteiger partial charge in [-0.15, -0.1) is 0 Å². The Morgan fingerprint density at radius 3 is 2.41 bits per heavy atom. The molecule has 44 heavy (non-hydrogen) atoms. The maximum absolute atomic E-state index is 11.8. The van der Waals surface area contributed by atoms with E-state index in [2.05, 4.69) is 65.6 Å². The van der Waals surface area contributed by atoms with E-state index < -0.39 is 5.97 Å². The predicted molar refractivity (Wildman–Crippen MR) is 181 cm³/mol. The summed E-state index contributed by atoms with van der Waals surface area (Å²) in [6.45, 7) is 12.7. The number of aryl methyl sites for hydroxylation is 2. The Morgan fingerprint density at radius 1 is 1.00 bits per heavy atom. The Labute approximate surface area is 269 Å². The highest BCUT2D eigenvalue weighted by Crippen LogP contribution is 2.45. The fourth-order valence-corrected chi connectivity index (χ4v) is 7.79. The van der Waals surface area contributed by atoms with Crippen molar-refractivity contribution in [3.63, 3.8) is 0 Å². The second kappa shape index (κ2) is 11.9. The number of pyridine rings is 1. The summed E-state index contributed by atoms with van der Waals surface area (Å²) in [5, 5.41) is 14.6. The van der Waals surface area contributed by atoms with E-state index in [0.29, 0.717) is 22.0 Å². The summed E-state index contributed by atoms with van der Waals surface area (Å²) in [5.41, 5.74) is 8.02. The van der Waals surface area contributed by atoms with Crippen LogP contribution in [-0.4, -0.2) is 38.8 Å². The number of aromatic carboxylic acids is 1. The Hall–Kier alpha value is -3.88. The number of carboxylic acid groups (broad SMARTS) is 1. The van der Waals surface area contributed by atoms with Crippen LogP contribution < -0.4 is 15.1 Å². The monoisotopic (exact) mass is 627 g/mol. The van der Waals surface area contributed by atoms with E-state index in [1.165, 1.54) is 6.42 Å². The summed E-state index contributed by atoms with van der Waals surface area (Å²) in [6, 6.07) is 19.2. The molecule has 2 N–H and O–H groups in total. The van der Waals surface area contributed by atoms with Gasteiger partial charge in [-0.2, -0.15) is 0 Å². The number of thiocarbonyl (C=S) groups is 1. The SMILES string of the molecule is Cc1ccc(C(=O)O)cc1-n1c(C)cc(C2C(c3ccccn3)NC(=S)N2c2ccc(N3CC(C)CC(C)C3)c(Cl)c2)c1C. The van der Waals surface area contributed by atoms with E-state index in [4.69, 9.17) is 28.8 Å². The lowest BCUT2D eigenvalue weighted by Gasteiger charge is -2.37. The first kappa shape index (κ1) is 30.2. The first-order valence-electron chi connectivity index (χ1n) is 15.1. The van der Waals surface area contributed by atoms with Gasteiger partial charge in [0.15, 0.2) is 5.11 Å². The molecule has 4 unspecified atom stereocenters. The first-order chi connectivity index (χ1) is 21.0. The van der Waals surface area contributed by atoms with Crippen molar-refractivity contribution in [2.45, 2.75) is 53.1 Å². The minimum absolute atomic E-state index is 0.216. The van der Waals surface area contributed by atoms with Crippen LogP contribution in [-0.2, 0) is 0 Å². The third kappa shape index (κ3) is 5.46. The second-order valence-corrected chi connectivity index (χ2v) is 13.2. The third-order valence-electron chi connectivity index (χ3n) is 9.00. The van der Waals surface area contributed by atoms with Crippen molar-refractivity contribution < 1.29 is 9.90 Å². The maximum atomic E-state index is 11.8. The molecule has 2 aromatic heterocycles. The quantitative estimate of drug-likeness (QED) is 0.211. The minimum atomic E-state index is -0.950. The van der Waals surface area contributed by atoms with Gasteiger partial charge in [-0.1, -0.05) is 37.6 Å². The van der Waals surface area contributed by atoms with Crippen molar-refractivity contribution in [1.29, 1.82) is 0 Å². The molecule has 2 saturated heterocycles. The molecule has 6 rings (SSSR count). The molecule has 0 amide bonds. The summed E-state index contributed by atoms with van der Waals surface area (Å²) in [4.78, 5) is 21.1. The highest BCUT2D eigenvalue weighted by Gasteiger charge is 2.42. The van der Waals surface area contributed by atoms with Crippen LogP contribution in [0.1, 0.15) is 70.9 Å². The number of nitrogens with zero attached hydrogens (tertiary/aromatic N) is 4. The largest absolute Gasteiger partial charge is 0.478 e. The van der Waals surface area contributed by atoms with Gasteiger partial charge in [0.05, 0.1) is 34.1 Å². The molecule has 0 aliphatic carbocycles. The lowest BCUT2D eigenvalue weighted by Crippen LogP contribution is -2.38. The number of rotatable bonds is 6. The second-order valence-electron chi connectivity index (χ2n) is 12.5. The fourth-order valence-electron chi connectivity index (χ4n) is 7.15. The van der Waals surface area contributed by atoms with Gasteiger partial charge in [0.25, 0.3) is 0 Å². The summed E-state index contributed by atoms with van der Waals surface area (Å²) in [5.74, 6) is 0.279. The summed E-state index contributed by atoms with van der Waals surface area (Å²) in [7, 11) is 0. The van der Waals surface area contributed by atoms with Crippen molar-refractivity contribution in [2.24, 2.45) is 11.8 Å². The highest BCUT2D eigenvalue weighted by atomic mass is 35.5. The zero-order chi connectivity index (χ0) is 31.3. The van der Waals surface area contributed by atoms with Crippen LogP contribution in [0.5, 0.6) is 0 Å². The fraction of sp³-hybridized carbons (Fsp3) is 0.343. The Bertz CT molecular complexity index is 1730. The minimum Gasteiger partial charge on any atom is -0.478 e. The van der Waals surface area contributed by atoms with Crippen LogP contribution in [0, 0.1) is 32.6 Å². The molecule has 2 aliphatic heterocycles. The molecule has 0 spiro atoms. The van der Waals surface area contributed by atoms with Crippen LogP contribution in [0.15, 0.2) is 66.9 Å². The zero-order valence-corrected chi connectivity index (χ0v) is 27.3. The van der Waals surface area contributed by atoms with Crippen molar-refractivity contribution >= 4 is 46.3 Å². The van der Waals surface area contributed by atoms with Gasteiger partial charge in [-0.25, -0.2) is 4.79 Å². The molecule has 4 heterocycles. The normalized spacial score (nSPS) is 21.9. The number of carbonyl (C=O) groups is 1. The van der Waals surface area contributed by atoms with Gasteiger partial charge in [0.1, 0.15) is 0 Å². The topological polar surface area (TPSA) is 73.6 Å². The van der Waals surface area contributed by atoms with Crippen LogP contribution >= 0.6 is 23.8 Å². The number of hydrogen-bond donors (Lipinski definition) is 2. The van der Waals surface area contributed by atoms with Gasteiger partial charge in [-0.3, -0.25) is 4.98 Å². The molecular weight excluding hydrogens is 590 g/mol. The number of carboxylic acids is 1. The molecule has 0 radical (unpaired) electrons. The molecule has 2 fully saturated rings.